The first-order chi connectivity index (χ1) is 9.36. The Morgan fingerprint density at radius 2 is 2.16 bits per heavy atom. The van der Waals surface area contributed by atoms with Crippen LogP contribution < -0.4 is 10.6 Å². The second-order valence-electron chi connectivity index (χ2n) is 5.34. The van der Waals surface area contributed by atoms with E-state index in [0.29, 0.717) is 25.8 Å². The zero-order valence-corrected chi connectivity index (χ0v) is 11.7. The van der Waals surface area contributed by atoms with Crippen molar-refractivity contribution >= 4 is 5.91 Å². The SMILES string of the molecule is O=C(NCCCOC1CCCCC1)C1CNCCO1. The number of ether oxygens (including phenoxy) is 2. The van der Waals surface area contributed by atoms with Gasteiger partial charge in [-0.3, -0.25) is 4.79 Å². The molecule has 0 radical (unpaired) electrons. The van der Waals surface area contributed by atoms with Gasteiger partial charge in [0.1, 0.15) is 6.10 Å². The molecule has 0 spiro atoms. The van der Waals surface area contributed by atoms with E-state index in [4.69, 9.17) is 9.47 Å². The maximum absolute atomic E-state index is 11.7. The van der Waals surface area contributed by atoms with Crippen molar-refractivity contribution in [1.82, 2.24) is 10.6 Å². The van der Waals surface area contributed by atoms with E-state index in [9.17, 15) is 4.79 Å². The molecule has 5 nitrogen and oxygen atoms in total. The van der Waals surface area contributed by atoms with Crippen molar-refractivity contribution in [3.63, 3.8) is 0 Å². The number of amides is 1. The van der Waals surface area contributed by atoms with E-state index < -0.39 is 0 Å². The summed E-state index contributed by atoms with van der Waals surface area (Å²) in [6.07, 6.45) is 7.36. The van der Waals surface area contributed by atoms with E-state index in [1.807, 2.05) is 0 Å². The third-order valence-corrected chi connectivity index (χ3v) is 3.75. The van der Waals surface area contributed by atoms with Crippen LogP contribution in [0.4, 0.5) is 0 Å². The topological polar surface area (TPSA) is 59.6 Å². The minimum absolute atomic E-state index is 0.00938. The Morgan fingerprint density at radius 1 is 1.32 bits per heavy atom. The highest BCUT2D eigenvalue weighted by atomic mass is 16.5. The third kappa shape index (κ3) is 5.47. The standard InChI is InChI=1S/C14H26N2O3/c17-14(13-11-15-8-10-19-13)16-7-4-9-18-12-5-2-1-3-6-12/h12-13,15H,1-11H2,(H,16,17). The molecule has 1 aliphatic heterocycles. The molecule has 1 heterocycles. The average Bonchev–Trinajstić information content (AvgIpc) is 2.49. The van der Waals surface area contributed by atoms with Crippen molar-refractivity contribution in [2.24, 2.45) is 0 Å². The smallest absolute Gasteiger partial charge is 0.250 e. The number of morpholine rings is 1. The van der Waals surface area contributed by atoms with Crippen molar-refractivity contribution in [2.75, 3.05) is 32.8 Å². The molecule has 0 aromatic rings. The second-order valence-corrected chi connectivity index (χ2v) is 5.34. The summed E-state index contributed by atoms with van der Waals surface area (Å²) < 4.78 is 11.2. The third-order valence-electron chi connectivity index (χ3n) is 3.75. The maximum Gasteiger partial charge on any atom is 0.250 e. The molecule has 110 valence electrons. The summed E-state index contributed by atoms with van der Waals surface area (Å²) in [5.41, 5.74) is 0. The van der Waals surface area contributed by atoms with Gasteiger partial charge in [0.2, 0.25) is 5.91 Å². The van der Waals surface area contributed by atoms with E-state index in [1.165, 1.54) is 32.1 Å². The first kappa shape index (κ1) is 14.8. The number of hydrogen-bond donors (Lipinski definition) is 2. The lowest BCUT2D eigenvalue weighted by Crippen LogP contribution is -2.48. The Kier molecular flexibility index (Phi) is 6.61. The zero-order chi connectivity index (χ0) is 13.3. The summed E-state index contributed by atoms with van der Waals surface area (Å²) in [5.74, 6) is -0.00938. The molecule has 0 bridgehead atoms. The van der Waals surface area contributed by atoms with Crippen LogP contribution in [0.1, 0.15) is 38.5 Å². The van der Waals surface area contributed by atoms with Gasteiger partial charge < -0.3 is 20.1 Å². The summed E-state index contributed by atoms with van der Waals surface area (Å²) in [5, 5.41) is 6.06. The van der Waals surface area contributed by atoms with Crippen molar-refractivity contribution in [1.29, 1.82) is 0 Å². The van der Waals surface area contributed by atoms with Gasteiger partial charge in [0.15, 0.2) is 0 Å². The van der Waals surface area contributed by atoms with Crippen LogP contribution >= 0.6 is 0 Å². The molecule has 2 rings (SSSR count). The fourth-order valence-electron chi connectivity index (χ4n) is 2.61. The number of carbonyl (C=O) groups excluding carboxylic acids is 1. The summed E-state index contributed by atoms with van der Waals surface area (Å²) in [4.78, 5) is 11.7. The van der Waals surface area contributed by atoms with Gasteiger partial charge in [0, 0.05) is 26.2 Å². The van der Waals surface area contributed by atoms with Crippen LogP contribution in [-0.4, -0.2) is 51.0 Å². The number of rotatable bonds is 6. The molecule has 2 aliphatic rings. The normalized spacial score (nSPS) is 25.2. The molecule has 0 aromatic heterocycles. The van der Waals surface area contributed by atoms with Gasteiger partial charge >= 0.3 is 0 Å². The molecule has 19 heavy (non-hydrogen) atoms. The summed E-state index contributed by atoms with van der Waals surface area (Å²) in [7, 11) is 0. The molecular formula is C14H26N2O3. The van der Waals surface area contributed by atoms with Crippen LogP contribution in [0.25, 0.3) is 0 Å². The van der Waals surface area contributed by atoms with Crippen LogP contribution in [0.3, 0.4) is 0 Å². The lowest BCUT2D eigenvalue weighted by Gasteiger charge is -2.23. The van der Waals surface area contributed by atoms with Crippen molar-refractivity contribution in [3.8, 4) is 0 Å². The molecule has 1 amide bonds. The molecule has 2 N–H and O–H groups in total. The minimum atomic E-state index is -0.326. The Morgan fingerprint density at radius 3 is 2.89 bits per heavy atom. The largest absolute Gasteiger partial charge is 0.378 e. The monoisotopic (exact) mass is 270 g/mol. The lowest BCUT2D eigenvalue weighted by molar-refractivity contribution is -0.134. The van der Waals surface area contributed by atoms with Crippen molar-refractivity contribution in [3.05, 3.63) is 0 Å². The van der Waals surface area contributed by atoms with Gasteiger partial charge in [-0.1, -0.05) is 19.3 Å². The first-order valence-electron chi connectivity index (χ1n) is 7.58. The van der Waals surface area contributed by atoms with E-state index >= 15 is 0 Å². The predicted octanol–water partition coefficient (Wildman–Crippen LogP) is 0.830. The Bertz CT molecular complexity index is 261. The van der Waals surface area contributed by atoms with Crippen LogP contribution in [0.15, 0.2) is 0 Å². The highest BCUT2D eigenvalue weighted by Gasteiger charge is 2.21. The predicted molar refractivity (Wildman–Crippen MR) is 73.1 cm³/mol. The van der Waals surface area contributed by atoms with E-state index in [-0.39, 0.29) is 12.0 Å². The lowest BCUT2D eigenvalue weighted by atomic mass is 9.98. The summed E-state index contributed by atoms with van der Waals surface area (Å²) in [6.45, 7) is 3.48. The van der Waals surface area contributed by atoms with E-state index in [1.54, 1.807) is 0 Å². The van der Waals surface area contributed by atoms with Gasteiger partial charge in [0.05, 0.1) is 12.7 Å². The Hall–Kier alpha value is -0.650. The van der Waals surface area contributed by atoms with Crippen molar-refractivity contribution in [2.45, 2.75) is 50.7 Å². The first-order valence-corrected chi connectivity index (χ1v) is 7.58. The molecule has 1 saturated carbocycles. The van der Waals surface area contributed by atoms with E-state index in [0.717, 1.165) is 19.6 Å². The molecular weight excluding hydrogens is 244 g/mol. The van der Waals surface area contributed by atoms with Crippen LogP contribution in [0.5, 0.6) is 0 Å². The van der Waals surface area contributed by atoms with Crippen molar-refractivity contribution < 1.29 is 14.3 Å². The zero-order valence-electron chi connectivity index (χ0n) is 11.7. The summed E-state index contributed by atoms with van der Waals surface area (Å²) in [6, 6.07) is 0. The highest BCUT2D eigenvalue weighted by Crippen LogP contribution is 2.20. The molecule has 2 fully saturated rings. The molecule has 1 unspecified atom stereocenters. The van der Waals surface area contributed by atoms with Gasteiger partial charge in [-0.25, -0.2) is 0 Å². The fraction of sp³-hybridized carbons (Fsp3) is 0.929. The fourth-order valence-corrected chi connectivity index (χ4v) is 2.61. The number of carbonyl (C=O) groups is 1. The van der Waals surface area contributed by atoms with Gasteiger partial charge in [0.25, 0.3) is 0 Å². The maximum atomic E-state index is 11.7. The number of hydrogen-bond acceptors (Lipinski definition) is 4. The number of nitrogens with one attached hydrogen (secondary N) is 2. The van der Waals surface area contributed by atoms with E-state index in [2.05, 4.69) is 10.6 Å². The molecule has 1 aliphatic carbocycles. The quantitative estimate of drug-likeness (QED) is 0.702. The molecule has 5 heteroatoms. The van der Waals surface area contributed by atoms with Gasteiger partial charge in [-0.05, 0) is 19.3 Å². The average molecular weight is 270 g/mol. The molecule has 1 saturated heterocycles. The van der Waals surface area contributed by atoms with Crippen LogP contribution in [0.2, 0.25) is 0 Å². The molecule has 0 aromatic carbocycles. The van der Waals surface area contributed by atoms with Crippen LogP contribution in [-0.2, 0) is 14.3 Å². The summed E-state index contributed by atoms with van der Waals surface area (Å²) >= 11 is 0. The second kappa shape index (κ2) is 8.51. The van der Waals surface area contributed by atoms with Gasteiger partial charge in [-0.2, -0.15) is 0 Å². The molecule has 1 atom stereocenters. The Balaban J connectivity index is 1.47. The highest BCUT2D eigenvalue weighted by molar-refractivity contribution is 5.81. The van der Waals surface area contributed by atoms with Gasteiger partial charge in [-0.15, -0.1) is 0 Å². The van der Waals surface area contributed by atoms with Crippen LogP contribution in [0, 0.1) is 0 Å². The minimum Gasteiger partial charge on any atom is -0.378 e. The Labute approximate surface area is 115 Å².